The third kappa shape index (κ3) is 5.06. The standard InChI is InChI=1S/C8H10F6O/c1-2-3-5(15)4-6(7(9,10)11)8(12,13)14/h4-5,15H,2-3H2,1H3. The minimum absolute atomic E-state index is 0.143. The van der Waals surface area contributed by atoms with Crippen molar-refractivity contribution < 1.29 is 31.4 Å². The Balaban J connectivity index is 4.96. The number of alkyl halides is 6. The molecule has 0 aliphatic carbocycles. The SMILES string of the molecule is CCCC(O)C=C(C(F)(F)F)C(F)(F)F. The van der Waals surface area contributed by atoms with Crippen LogP contribution < -0.4 is 0 Å². The van der Waals surface area contributed by atoms with Crippen LogP contribution in [0.2, 0.25) is 0 Å². The number of allylic oxidation sites excluding steroid dienone is 1. The minimum Gasteiger partial charge on any atom is -0.389 e. The van der Waals surface area contributed by atoms with Gasteiger partial charge < -0.3 is 5.11 Å². The number of hydrogen-bond donors (Lipinski definition) is 1. The molecule has 0 rings (SSSR count). The predicted molar refractivity (Wildman–Crippen MR) is 41.1 cm³/mol. The van der Waals surface area contributed by atoms with Gasteiger partial charge in [-0.1, -0.05) is 13.3 Å². The van der Waals surface area contributed by atoms with Crippen molar-refractivity contribution in [3.8, 4) is 0 Å². The molecule has 0 aromatic rings. The van der Waals surface area contributed by atoms with Crippen LogP contribution in [0.4, 0.5) is 26.3 Å². The van der Waals surface area contributed by atoms with Crippen molar-refractivity contribution in [3.05, 3.63) is 11.6 Å². The largest absolute Gasteiger partial charge is 0.421 e. The normalized spacial score (nSPS) is 14.9. The number of rotatable bonds is 3. The molecule has 0 aromatic carbocycles. The molecule has 0 saturated heterocycles. The van der Waals surface area contributed by atoms with Gasteiger partial charge in [0, 0.05) is 0 Å². The van der Waals surface area contributed by atoms with Crippen molar-refractivity contribution in [1.82, 2.24) is 0 Å². The highest BCUT2D eigenvalue weighted by Gasteiger charge is 2.50. The van der Waals surface area contributed by atoms with Crippen molar-refractivity contribution in [2.75, 3.05) is 0 Å². The first-order valence-electron chi connectivity index (χ1n) is 4.13. The molecular weight excluding hydrogens is 226 g/mol. The van der Waals surface area contributed by atoms with Crippen LogP contribution in [0.5, 0.6) is 0 Å². The molecule has 90 valence electrons. The van der Waals surface area contributed by atoms with Crippen LogP contribution in [-0.4, -0.2) is 23.6 Å². The van der Waals surface area contributed by atoms with Gasteiger partial charge in [0.1, 0.15) is 5.57 Å². The number of aliphatic hydroxyl groups is 1. The lowest BCUT2D eigenvalue weighted by molar-refractivity contribution is -0.173. The summed E-state index contributed by atoms with van der Waals surface area (Å²) >= 11 is 0. The Hall–Kier alpha value is -0.720. The zero-order valence-corrected chi connectivity index (χ0v) is 7.78. The van der Waals surface area contributed by atoms with Crippen molar-refractivity contribution >= 4 is 0 Å². The minimum atomic E-state index is -5.49. The Morgan fingerprint density at radius 2 is 1.53 bits per heavy atom. The maximum Gasteiger partial charge on any atom is 0.421 e. The van der Waals surface area contributed by atoms with E-state index in [2.05, 4.69) is 0 Å². The summed E-state index contributed by atoms with van der Waals surface area (Å²) in [4.78, 5) is 0. The molecule has 0 bridgehead atoms. The second-order valence-electron chi connectivity index (χ2n) is 2.93. The molecule has 0 saturated carbocycles. The molecule has 0 fully saturated rings. The number of aliphatic hydroxyl groups excluding tert-OH is 1. The lowest BCUT2D eigenvalue weighted by Gasteiger charge is -2.16. The highest BCUT2D eigenvalue weighted by atomic mass is 19.4. The maximum atomic E-state index is 11.9. The molecule has 1 atom stereocenters. The van der Waals surface area contributed by atoms with Gasteiger partial charge in [-0.05, 0) is 12.5 Å². The molecule has 1 nitrogen and oxygen atoms in total. The van der Waals surface area contributed by atoms with E-state index in [4.69, 9.17) is 5.11 Å². The lowest BCUT2D eigenvalue weighted by atomic mass is 10.1. The van der Waals surface area contributed by atoms with Crippen LogP contribution >= 0.6 is 0 Å². The molecule has 0 amide bonds. The van der Waals surface area contributed by atoms with Crippen LogP contribution in [0.15, 0.2) is 11.6 Å². The van der Waals surface area contributed by atoms with E-state index in [1.54, 1.807) is 0 Å². The van der Waals surface area contributed by atoms with Gasteiger partial charge in [-0.15, -0.1) is 0 Å². The highest BCUT2D eigenvalue weighted by Crippen LogP contribution is 2.38. The van der Waals surface area contributed by atoms with E-state index in [0.29, 0.717) is 6.42 Å². The zero-order valence-electron chi connectivity index (χ0n) is 7.78. The van der Waals surface area contributed by atoms with Crippen LogP contribution in [-0.2, 0) is 0 Å². The van der Waals surface area contributed by atoms with Crippen LogP contribution in [0, 0.1) is 0 Å². The molecule has 15 heavy (non-hydrogen) atoms. The first kappa shape index (κ1) is 14.3. The van der Waals surface area contributed by atoms with E-state index in [1.165, 1.54) is 6.92 Å². The van der Waals surface area contributed by atoms with E-state index < -0.39 is 24.0 Å². The summed E-state index contributed by atoms with van der Waals surface area (Å²) in [6, 6.07) is 0. The fourth-order valence-corrected chi connectivity index (χ4v) is 0.921. The van der Waals surface area contributed by atoms with Crippen LogP contribution in [0.25, 0.3) is 0 Å². The molecule has 1 unspecified atom stereocenters. The summed E-state index contributed by atoms with van der Waals surface area (Å²) in [7, 11) is 0. The number of halogens is 6. The van der Waals surface area contributed by atoms with Crippen molar-refractivity contribution in [2.24, 2.45) is 0 Å². The summed E-state index contributed by atoms with van der Waals surface area (Å²) < 4.78 is 71.5. The quantitative estimate of drug-likeness (QED) is 0.589. The van der Waals surface area contributed by atoms with Gasteiger partial charge in [0.05, 0.1) is 6.10 Å². The Morgan fingerprint density at radius 3 is 1.80 bits per heavy atom. The third-order valence-electron chi connectivity index (χ3n) is 1.55. The van der Waals surface area contributed by atoms with Gasteiger partial charge in [-0.25, -0.2) is 0 Å². The molecule has 0 heterocycles. The monoisotopic (exact) mass is 236 g/mol. The predicted octanol–water partition coefficient (Wildman–Crippen LogP) is 3.20. The molecule has 0 spiro atoms. The summed E-state index contributed by atoms with van der Waals surface area (Å²) in [5.41, 5.74) is -2.66. The van der Waals surface area contributed by atoms with Gasteiger partial charge in [0.2, 0.25) is 0 Å². The first-order chi connectivity index (χ1) is 6.59. The average molecular weight is 236 g/mol. The van der Waals surface area contributed by atoms with Crippen LogP contribution in [0.3, 0.4) is 0 Å². The van der Waals surface area contributed by atoms with E-state index >= 15 is 0 Å². The summed E-state index contributed by atoms with van der Waals surface area (Å²) in [5.74, 6) is 0. The fourth-order valence-electron chi connectivity index (χ4n) is 0.921. The Kier molecular flexibility index (Phi) is 4.64. The van der Waals surface area contributed by atoms with E-state index in [9.17, 15) is 26.3 Å². The fraction of sp³-hybridized carbons (Fsp3) is 0.750. The first-order valence-corrected chi connectivity index (χ1v) is 4.13. The van der Waals surface area contributed by atoms with Gasteiger partial charge >= 0.3 is 12.4 Å². The molecule has 0 radical (unpaired) electrons. The van der Waals surface area contributed by atoms with E-state index in [0.717, 1.165) is 0 Å². The third-order valence-corrected chi connectivity index (χ3v) is 1.55. The molecule has 0 aromatic heterocycles. The van der Waals surface area contributed by atoms with Crippen molar-refractivity contribution in [1.29, 1.82) is 0 Å². The lowest BCUT2D eigenvalue weighted by Crippen LogP contribution is -2.27. The summed E-state index contributed by atoms with van der Waals surface area (Å²) in [6.45, 7) is 1.54. The Morgan fingerprint density at radius 1 is 1.13 bits per heavy atom. The highest BCUT2D eigenvalue weighted by molar-refractivity contribution is 5.17. The van der Waals surface area contributed by atoms with Gasteiger partial charge in [-0.3, -0.25) is 0 Å². The Bertz CT molecular complexity index is 210. The van der Waals surface area contributed by atoms with E-state index in [1.807, 2.05) is 0 Å². The molecular formula is C8H10F6O. The smallest absolute Gasteiger partial charge is 0.389 e. The summed E-state index contributed by atoms with van der Waals surface area (Å²) in [6.07, 6.45) is -12.8. The van der Waals surface area contributed by atoms with Gasteiger partial charge in [-0.2, -0.15) is 26.3 Å². The topological polar surface area (TPSA) is 20.2 Å². The molecule has 0 aliphatic heterocycles. The molecule has 1 N–H and O–H groups in total. The second kappa shape index (κ2) is 4.87. The van der Waals surface area contributed by atoms with Crippen molar-refractivity contribution in [2.45, 2.75) is 38.2 Å². The second-order valence-corrected chi connectivity index (χ2v) is 2.93. The summed E-state index contributed by atoms with van der Waals surface area (Å²) in [5, 5.41) is 8.87. The number of hydrogen-bond acceptors (Lipinski definition) is 1. The molecule has 0 aliphatic rings. The van der Waals surface area contributed by atoms with Crippen molar-refractivity contribution in [3.63, 3.8) is 0 Å². The van der Waals surface area contributed by atoms with Gasteiger partial charge in [0.25, 0.3) is 0 Å². The Labute approximate surface area is 82.4 Å². The zero-order chi connectivity index (χ0) is 12.3. The maximum absolute atomic E-state index is 11.9. The average Bonchev–Trinajstić information content (AvgIpc) is 1.96. The van der Waals surface area contributed by atoms with E-state index in [-0.39, 0.29) is 12.5 Å². The van der Waals surface area contributed by atoms with Gasteiger partial charge in [0.15, 0.2) is 0 Å². The van der Waals surface area contributed by atoms with Crippen LogP contribution in [0.1, 0.15) is 19.8 Å². The molecule has 7 heteroatoms.